The van der Waals surface area contributed by atoms with E-state index in [1.807, 2.05) is 0 Å². The first kappa shape index (κ1) is 16.2. The van der Waals surface area contributed by atoms with E-state index in [1.165, 1.54) is 9.80 Å². The Morgan fingerprint density at radius 3 is 2.22 bits per heavy atom. The first-order valence-corrected chi connectivity index (χ1v) is 5.76. The third-order valence-electron chi connectivity index (χ3n) is 2.49. The summed E-state index contributed by atoms with van der Waals surface area (Å²) < 4.78 is 0. The summed E-state index contributed by atoms with van der Waals surface area (Å²) in [6, 6.07) is -0.844. The molecule has 0 aromatic carbocycles. The molecule has 0 aliphatic heterocycles. The summed E-state index contributed by atoms with van der Waals surface area (Å²) in [5.41, 5.74) is 0. The van der Waals surface area contributed by atoms with Gasteiger partial charge in [0, 0.05) is 26.7 Å². The van der Waals surface area contributed by atoms with Crippen molar-refractivity contribution in [1.82, 2.24) is 15.1 Å². The van der Waals surface area contributed by atoms with Crippen molar-refractivity contribution in [3.05, 3.63) is 0 Å². The van der Waals surface area contributed by atoms with Crippen LogP contribution in [-0.2, 0) is 9.59 Å². The Kier molecular flexibility index (Phi) is 6.77. The summed E-state index contributed by atoms with van der Waals surface area (Å²) in [5.74, 6) is -1.18. The summed E-state index contributed by atoms with van der Waals surface area (Å²) in [6.07, 6.45) is -0.122. The molecule has 0 aliphatic rings. The zero-order chi connectivity index (χ0) is 14.3. The van der Waals surface area contributed by atoms with E-state index >= 15 is 0 Å². The van der Waals surface area contributed by atoms with Crippen molar-refractivity contribution in [2.45, 2.75) is 26.3 Å². The second-order valence-electron chi connectivity index (χ2n) is 4.18. The second-order valence-corrected chi connectivity index (χ2v) is 4.18. The van der Waals surface area contributed by atoms with Crippen molar-refractivity contribution >= 4 is 17.9 Å². The molecule has 3 amide bonds. The average Bonchev–Trinajstić information content (AvgIpc) is 2.25. The lowest BCUT2D eigenvalue weighted by Gasteiger charge is -2.27. The monoisotopic (exact) mass is 259 g/mol. The molecule has 0 heterocycles. The van der Waals surface area contributed by atoms with Gasteiger partial charge in [-0.1, -0.05) is 0 Å². The van der Waals surface area contributed by atoms with Crippen molar-refractivity contribution in [1.29, 1.82) is 0 Å². The van der Waals surface area contributed by atoms with Gasteiger partial charge in [0.2, 0.25) is 5.91 Å². The van der Waals surface area contributed by atoms with Crippen LogP contribution in [-0.4, -0.2) is 66.0 Å². The number of amides is 3. The van der Waals surface area contributed by atoms with Gasteiger partial charge in [-0.2, -0.15) is 0 Å². The Balaban J connectivity index is 4.35. The molecule has 0 rings (SSSR count). The standard InChI is InChI=1S/C11H21N3O4/c1-5-14(8(2)6-10(16)17)11(18)12-7-9(15)13(3)4/h8H,5-7H2,1-4H3,(H,12,18)(H,16,17). The van der Waals surface area contributed by atoms with Gasteiger partial charge in [-0.25, -0.2) is 4.79 Å². The van der Waals surface area contributed by atoms with Crippen LogP contribution in [0.15, 0.2) is 0 Å². The van der Waals surface area contributed by atoms with Gasteiger partial charge in [0.15, 0.2) is 0 Å². The number of nitrogens with one attached hydrogen (secondary N) is 1. The van der Waals surface area contributed by atoms with Crippen LogP contribution >= 0.6 is 0 Å². The number of carbonyl (C=O) groups excluding carboxylic acids is 2. The van der Waals surface area contributed by atoms with Crippen LogP contribution in [0.1, 0.15) is 20.3 Å². The first-order valence-electron chi connectivity index (χ1n) is 5.76. The third kappa shape index (κ3) is 5.51. The highest BCUT2D eigenvalue weighted by atomic mass is 16.4. The second kappa shape index (κ2) is 7.52. The molecule has 0 aliphatic carbocycles. The molecular formula is C11H21N3O4. The largest absolute Gasteiger partial charge is 0.481 e. The van der Waals surface area contributed by atoms with Gasteiger partial charge >= 0.3 is 12.0 Å². The summed E-state index contributed by atoms with van der Waals surface area (Å²) in [5, 5.41) is 11.2. The molecule has 18 heavy (non-hydrogen) atoms. The third-order valence-corrected chi connectivity index (χ3v) is 2.49. The molecule has 0 bridgehead atoms. The maximum Gasteiger partial charge on any atom is 0.318 e. The van der Waals surface area contributed by atoms with Crippen molar-refractivity contribution in [2.24, 2.45) is 0 Å². The Hall–Kier alpha value is -1.79. The SMILES string of the molecule is CCN(C(=O)NCC(=O)N(C)C)C(C)CC(=O)O. The van der Waals surface area contributed by atoms with Crippen LogP contribution in [0.25, 0.3) is 0 Å². The van der Waals surface area contributed by atoms with Crippen LogP contribution in [0.4, 0.5) is 4.79 Å². The van der Waals surface area contributed by atoms with Crippen molar-refractivity contribution in [3.8, 4) is 0 Å². The first-order chi connectivity index (χ1) is 8.29. The molecular weight excluding hydrogens is 238 g/mol. The highest BCUT2D eigenvalue weighted by molar-refractivity contribution is 5.84. The minimum atomic E-state index is -0.960. The fourth-order valence-corrected chi connectivity index (χ4v) is 1.43. The molecule has 2 N–H and O–H groups in total. The van der Waals surface area contributed by atoms with Gasteiger partial charge < -0.3 is 20.2 Å². The van der Waals surface area contributed by atoms with E-state index in [1.54, 1.807) is 27.9 Å². The van der Waals surface area contributed by atoms with Gasteiger partial charge in [-0.05, 0) is 13.8 Å². The molecule has 0 spiro atoms. The topological polar surface area (TPSA) is 90.0 Å². The number of rotatable bonds is 6. The Bertz CT molecular complexity index is 317. The highest BCUT2D eigenvalue weighted by Crippen LogP contribution is 2.04. The average molecular weight is 259 g/mol. The Morgan fingerprint density at radius 1 is 1.28 bits per heavy atom. The maximum atomic E-state index is 11.8. The van der Waals surface area contributed by atoms with Crippen molar-refractivity contribution < 1.29 is 19.5 Å². The normalized spacial score (nSPS) is 11.6. The van der Waals surface area contributed by atoms with Crippen LogP contribution in [0.3, 0.4) is 0 Å². The molecule has 7 heteroatoms. The van der Waals surface area contributed by atoms with Crippen LogP contribution < -0.4 is 5.32 Å². The molecule has 0 saturated heterocycles. The quantitative estimate of drug-likeness (QED) is 0.701. The number of nitrogens with zero attached hydrogens (tertiary/aromatic N) is 2. The summed E-state index contributed by atoms with van der Waals surface area (Å²) in [6.45, 7) is 3.70. The van der Waals surface area contributed by atoms with Gasteiger partial charge in [-0.15, -0.1) is 0 Å². The van der Waals surface area contributed by atoms with Gasteiger partial charge in [0.1, 0.15) is 0 Å². The predicted octanol–water partition coefficient (Wildman–Crippen LogP) is -0.0307. The van der Waals surface area contributed by atoms with Crippen molar-refractivity contribution in [3.63, 3.8) is 0 Å². The fraction of sp³-hybridized carbons (Fsp3) is 0.727. The van der Waals surface area contributed by atoms with E-state index in [2.05, 4.69) is 5.32 Å². The Morgan fingerprint density at radius 2 is 1.83 bits per heavy atom. The molecule has 1 atom stereocenters. The minimum Gasteiger partial charge on any atom is -0.481 e. The molecule has 104 valence electrons. The number of hydrogen-bond donors (Lipinski definition) is 2. The number of hydrogen-bond acceptors (Lipinski definition) is 3. The highest BCUT2D eigenvalue weighted by Gasteiger charge is 2.21. The fourth-order valence-electron chi connectivity index (χ4n) is 1.43. The number of urea groups is 1. The van der Waals surface area contributed by atoms with E-state index in [4.69, 9.17) is 5.11 Å². The zero-order valence-corrected chi connectivity index (χ0v) is 11.3. The molecule has 7 nitrogen and oxygen atoms in total. The van der Waals surface area contributed by atoms with E-state index in [9.17, 15) is 14.4 Å². The van der Waals surface area contributed by atoms with E-state index < -0.39 is 18.0 Å². The maximum absolute atomic E-state index is 11.8. The molecule has 0 fully saturated rings. The van der Waals surface area contributed by atoms with Crippen LogP contribution in [0, 0.1) is 0 Å². The number of aliphatic carboxylic acids is 1. The predicted molar refractivity (Wildman–Crippen MR) is 66.2 cm³/mol. The number of carboxylic acid groups (broad SMARTS) is 1. The van der Waals surface area contributed by atoms with Crippen LogP contribution in [0.5, 0.6) is 0 Å². The minimum absolute atomic E-state index is 0.0951. The van der Waals surface area contributed by atoms with Crippen LogP contribution in [0.2, 0.25) is 0 Å². The van der Waals surface area contributed by atoms with Crippen molar-refractivity contribution in [2.75, 3.05) is 27.2 Å². The molecule has 0 radical (unpaired) electrons. The summed E-state index contributed by atoms with van der Waals surface area (Å²) in [7, 11) is 3.19. The lowest BCUT2D eigenvalue weighted by molar-refractivity contribution is -0.138. The lowest BCUT2D eigenvalue weighted by atomic mass is 10.2. The van der Waals surface area contributed by atoms with E-state index in [0.717, 1.165) is 0 Å². The number of carbonyl (C=O) groups is 3. The Labute approximate surface area is 107 Å². The van der Waals surface area contributed by atoms with Gasteiger partial charge in [0.25, 0.3) is 0 Å². The van der Waals surface area contributed by atoms with E-state index in [-0.39, 0.29) is 18.9 Å². The number of likely N-dealkylation sites (N-methyl/N-ethyl adjacent to an activating group) is 1. The molecule has 1 unspecified atom stereocenters. The van der Waals surface area contributed by atoms with Gasteiger partial charge in [0.05, 0.1) is 13.0 Å². The van der Waals surface area contributed by atoms with E-state index in [0.29, 0.717) is 6.54 Å². The summed E-state index contributed by atoms with van der Waals surface area (Å²) >= 11 is 0. The lowest BCUT2D eigenvalue weighted by Crippen LogP contribution is -2.48. The van der Waals surface area contributed by atoms with Gasteiger partial charge in [-0.3, -0.25) is 9.59 Å². The summed E-state index contributed by atoms with van der Waals surface area (Å²) in [4.78, 5) is 36.4. The molecule has 0 saturated carbocycles. The molecule has 0 aromatic rings. The smallest absolute Gasteiger partial charge is 0.318 e. The zero-order valence-electron chi connectivity index (χ0n) is 11.3. The molecule has 0 aromatic heterocycles. The number of carboxylic acids is 1.